The first-order valence-electron chi connectivity index (χ1n) is 32.1. The number of anilines is 1. The standard InChI is InChI=1S/C71H61N8O25P3/c72-43-15-21-49-56(33-43)99-57-34-44(73)16-22-50(57)63(49)48-20-14-41(32-54(48)70(89)90)66(84)77-55(68(86)76-27-3-1-2-8-60(82)74-28-5-7-42-37-79(71(91)78-67(42)85)61-25-26-62(101-61)102-106(95,96)104-107(97,98)103-105(92,93)94)30-39-11-9-38(10-12-39)6-4-29-75-65(83)40-13-19-47(53(31-40)69(87)88)64-51-23-17-45(80)35-58(51)100-59-36-46(81)18-24-52(59)64/h9-24,31-37,55,61-62,72,80H,1-3,8,25-30,73H2,(H,74,82)(H,75,83)(H,76,86)(H,77,84)(H,87,88)(H,89,90)(H,95,96)(H,97,98)(H,78,85,91)(H2,92,93,94)/t55?,61-,62-/m1/s1. The Labute approximate surface area is 602 Å². The summed E-state index contributed by atoms with van der Waals surface area (Å²) in [6.07, 6.45) is -1.23. The van der Waals surface area contributed by atoms with Crippen LogP contribution in [0.15, 0.2) is 163 Å². The molecule has 0 saturated carbocycles. The maximum atomic E-state index is 14.3. The third kappa shape index (κ3) is 19.0. The summed E-state index contributed by atoms with van der Waals surface area (Å²) in [4.78, 5) is 157. The van der Waals surface area contributed by atoms with Gasteiger partial charge in [-0.05, 0) is 121 Å². The second kappa shape index (κ2) is 32.2. The number of hydrogen-bond donors (Lipinski definition) is 14. The molecule has 1 saturated heterocycles. The highest BCUT2D eigenvalue weighted by Crippen LogP contribution is 2.67. The number of phenols is 1. The van der Waals surface area contributed by atoms with Gasteiger partial charge in [0.2, 0.25) is 11.8 Å². The SMILES string of the molecule is N=c1ccc2c(-c3ccc(C(=O)NC(Cc4ccc(C#CCNC(=O)c5ccc(-c6c7ccc(=O)cc-7oc7cc(O)ccc67)c(C(=O)O)c5)cc4)C(=O)NCCCCCC(=O)NCC#Cc4cn([C@H]5CC[C@@H](OP(=O)(O)OP(=O)(O)OP(=O)(O)O)O5)c(=O)[nH]c4=O)cc3C(=O)O)c3ccc(N)cc3oc-2c1. The number of aromatic hydroxyl groups is 1. The van der Waals surface area contributed by atoms with Gasteiger partial charge in [0.15, 0.2) is 11.7 Å². The minimum absolute atomic E-state index is 0.00152. The van der Waals surface area contributed by atoms with Crippen molar-refractivity contribution < 1.29 is 104 Å². The second-order valence-electron chi connectivity index (χ2n) is 24.0. The molecule has 0 bridgehead atoms. The Balaban J connectivity index is 0.724. The molecule has 5 aromatic carbocycles. The zero-order valence-electron chi connectivity index (χ0n) is 55.4. The number of hydrogen-bond acceptors (Lipinski definition) is 21. The Kier molecular flexibility index (Phi) is 22.9. The fourth-order valence-corrected chi connectivity index (χ4v) is 14.8. The number of aromatic nitrogens is 2. The number of rotatable bonds is 25. The minimum Gasteiger partial charge on any atom is -0.508 e. The molecule has 5 atom stereocenters. The number of amides is 4. The number of carboxylic acid groups (broad SMARTS) is 2. The highest BCUT2D eigenvalue weighted by Gasteiger charge is 2.44. The molecule has 6 aromatic rings. The van der Waals surface area contributed by atoms with Crippen LogP contribution in [0.5, 0.6) is 5.75 Å². The molecule has 2 aliphatic carbocycles. The number of nitrogens with zero attached hydrogens (tertiary/aromatic N) is 1. The van der Waals surface area contributed by atoms with Gasteiger partial charge >= 0.3 is 41.1 Å². The second-order valence-corrected chi connectivity index (χ2v) is 28.4. The first kappa shape index (κ1) is 76.2. The van der Waals surface area contributed by atoms with E-state index in [1.165, 1.54) is 78.9 Å². The topological polar surface area (TPSA) is 528 Å². The number of phosphoric acid groups is 3. The van der Waals surface area contributed by atoms with Crippen molar-refractivity contribution in [3.63, 3.8) is 0 Å². The van der Waals surface area contributed by atoms with E-state index in [2.05, 4.69) is 58.1 Å². The van der Waals surface area contributed by atoms with Gasteiger partial charge < -0.3 is 80.9 Å². The van der Waals surface area contributed by atoms with Gasteiger partial charge in [0, 0.05) is 112 Å². The summed E-state index contributed by atoms with van der Waals surface area (Å²) in [5, 5.41) is 51.4. The Morgan fingerprint density at radius 1 is 0.654 bits per heavy atom. The molecule has 0 radical (unpaired) electrons. The number of carbonyl (C=O) groups excluding carboxylic acids is 4. The molecular weight excluding hydrogens is 1460 g/mol. The number of nitrogens with one attached hydrogen (secondary N) is 6. The van der Waals surface area contributed by atoms with Crippen molar-refractivity contribution in [2.45, 2.75) is 63.5 Å². The van der Waals surface area contributed by atoms with Crippen LogP contribution in [0.1, 0.15) is 103 Å². The molecule has 3 unspecified atom stereocenters. The van der Waals surface area contributed by atoms with Crippen molar-refractivity contribution in [2.75, 3.05) is 25.4 Å². The molecule has 0 spiro atoms. The first-order valence-corrected chi connectivity index (χ1v) is 36.7. The number of benzene rings is 7. The number of phenolic OH excluding ortho intramolecular Hbond substituents is 1. The maximum absolute atomic E-state index is 14.3. The van der Waals surface area contributed by atoms with Crippen LogP contribution in [0.2, 0.25) is 0 Å². The van der Waals surface area contributed by atoms with Gasteiger partial charge in [0.1, 0.15) is 46.3 Å². The van der Waals surface area contributed by atoms with Gasteiger partial charge in [-0.3, -0.25) is 42.8 Å². The lowest BCUT2D eigenvalue weighted by Crippen LogP contribution is -2.48. The third-order valence-corrected chi connectivity index (χ3v) is 20.3. The fraction of sp³-hybridized carbons (Fsp3) is 0.183. The van der Waals surface area contributed by atoms with E-state index in [0.29, 0.717) is 74.7 Å². The molecule has 1 aromatic heterocycles. The number of nitrogens with two attached hydrogens (primary N) is 1. The average molecular weight is 1520 g/mol. The normalized spacial score (nSPS) is 14.9. The number of H-pyrrole nitrogens is 1. The van der Waals surface area contributed by atoms with Crippen LogP contribution in [0, 0.1) is 29.1 Å². The molecular formula is C71H61N8O25P3. The van der Waals surface area contributed by atoms with E-state index in [1.54, 1.807) is 54.6 Å². The van der Waals surface area contributed by atoms with Crippen LogP contribution in [0.3, 0.4) is 0 Å². The number of ether oxygens (including phenoxy) is 1. The summed E-state index contributed by atoms with van der Waals surface area (Å²) in [6, 6.07) is 31.4. The van der Waals surface area contributed by atoms with Gasteiger partial charge in [-0.15, -0.1) is 0 Å². The van der Waals surface area contributed by atoms with E-state index in [9.17, 15) is 82.0 Å². The lowest BCUT2D eigenvalue weighted by molar-refractivity contribution is -0.123. The number of unbranched alkanes of at least 4 members (excludes halogenated alkanes) is 2. The van der Waals surface area contributed by atoms with Crippen LogP contribution in [0.25, 0.3) is 66.8 Å². The van der Waals surface area contributed by atoms with Crippen LogP contribution in [0.4, 0.5) is 5.69 Å². The van der Waals surface area contributed by atoms with Gasteiger partial charge in [-0.25, -0.2) is 28.1 Å². The van der Waals surface area contributed by atoms with Gasteiger partial charge in [0.05, 0.1) is 29.6 Å². The fourth-order valence-electron chi connectivity index (χ4n) is 11.7. The van der Waals surface area contributed by atoms with Crippen LogP contribution >= 0.6 is 23.5 Å². The Hall–Kier alpha value is -11.9. The number of aromatic amines is 1. The average Bonchev–Trinajstić information content (AvgIpc) is 1.61. The van der Waals surface area contributed by atoms with Gasteiger partial charge in [-0.2, -0.15) is 8.62 Å². The molecule has 4 amide bonds. The summed E-state index contributed by atoms with van der Waals surface area (Å²) >= 11 is 0. The molecule has 11 rings (SSSR count). The number of carbonyl (C=O) groups is 6. The monoisotopic (exact) mass is 1520 g/mol. The molecule has 36 heteroatoms. The van der Waals surface area contributed by atoms with Crippen LogP contribution in [-0.2, 0) is 47.6 Å². The lowest BCUT2D eigenvalue weighted by Gasteiger charge is -2.20. The maximum Gasteiger partial charge on any atom is 0.490 e. The highest BCUT2D eigenvalue weighted by atomic mass is 31.3. The van der Waals surface area contributed by atoms with Crippen molar-refractivity contribution in [1.29, 1.82) is 5.41 Å². The van der Waals surface area contributed by atoms with E-state index in [4.69, 9.17) is 34.5 Å². The van der Waals surface area contributed by atoms with Crippen molar-refractivity contribution in [2.24, 2.45) is 0 Å². The van der Waals surface area contributed by atoms with Crippen LogP contribution < -0.4 is 49.0 Å². The largest absolute Gasteiger partial charge is 0.508 e. The molecule has 5 aliphatic rings. The van der Waals surface area contributed by atoms with E-state index in [1.807, 2.05) is 4.98 Å². The Bertz CT molecular complexity index is 5730. The molecule has 4 heterocycles. The van der Waals surface area contributed by atoms with Crippen molar-refractivity contribution in [3.05, 3.63) is 215 Å². The quantitative estimate of drug-likeness (QED) is 0.00896. The predicted molar refractivity (Wildman–Crippen MR) is 380 cm³/mol. The summed E-state index contributed by atoms with van der Waals surface area (Å²) in [5.74, 6) is 5.98. The van der Waals surface area contributed by atoms with E-state index < -0.39 is 88.8 Å². The summed E-state index contributed by atoms with van der Waals surface area (Å²) in [5.41, 5.74) is 6.98. The zero-order valence-corrected chi connectivity index (χ0v) is 58.1. The number of nitrogen functional groups attached to an aromatic ring is 1. The molecule has 33 nitrogen and oxygen atoms in total. The molecule has 550 valence electrons. The van der Waals surface area contributed by atoms with Gasteiger partial charge in [0.25, 0.3) is 17.4 Å². The van der Waals surface area contributed by atoms with E-state index in [0.717, 1.165) is 10.8 Å². The summed E-state index contributed by atoms with van der Waals surface area (Å²) < 4.78 is 65.3. The predicted octanol–water partition coefficient (Wildman–Crippen LogP) is 7.04. The summed E-state index contributed by atoms with van der Waals surface area (Å²) in [7, 11) is -17.1. The summed E-state index contributed by atoms with van der Waals surface area (Å²) in [6.45, 7) is -0.348. The number of phosphoric ester groups is 1. The number of carboxylic acids is 2. The molecule has 15 N–H and O–H groups in total. The zero-order chi connectivity index (χ0) is 76.6. The smallest absolute Gasteiger partial charge is 0.490 e. The van der Waals surface area contributed by atoms with Crippen molar-refractivity contribution in [1.82, 2.24) is 30.8 Å². The Morgan fingerprint density at radius 2 is 1.27 bits per heavy atom. The van der Waals surface area contributed by atoms with E-state index >= 15 is 0 Å². The molecule has 3 aliphatic heterocycles. The van der Waals surface area contributed by atoms with E-state index in [-0.39, 0.29) is 118 Å². The van der Waals surface area contributed by atoms with Crippen molar-refractivity contribution in [3.8, 4) is 74.3 Å². The lowest BCUT2D eigenvalue weighted by atomic mass is 9.89. The van der Waals surface area contributed by atoms with Crippen molar-refractivity contribution >= 4 is 86.7 Å². The Morgan fingerprint density at radius 3 is 1.94 bits per heavy atom. The third-order valence-electron chi connectivity index (χ3n) is 16.5. The number of aromatic carboxylic acids is 2. The highest BCUT2D eigenvalue weighted by molar-refractivity contribution is 7.66. The van der Waals surface area contributed by atoms with Crippen LogP contribution in [-0.4, -0.2) is 112 Å². The number of fused-ring (bicyclic) bond motifs is 4. The molecule has 107 heavy (non-hydrogen) atoms. The minimum atomic E-state index is -5.83. The van der Waals surface area contributed by atoms with Gasteiger partial charge in [-0.1, -0.05) is 54.4 Å². The molecule has 1 fully saturated rings. The first-order chi connectivity index (χ1) is 50.8.